The highest BCUT2D eigenvalue weighted by molar-refractivity contribution is 9.10. The summed E-state index contributed by atoms with van der Waals surface area (Å²) in [6, 6.07) is 23.6. The van der Waals surface area contributed by atoms with Crippen LogP contribution in [0.5, 0.6) is 5.75 Å². The van der Waals surface area contributed by atoms with Crippen molar-refractivity contribution in [2.24, 2.45) is 0 Å². The number of carbonyl (C=O) groups excluding carboxylic acids is 2. The molecule has 3 aromatic rings. The van der Waals surface area contributed by atoms with Crippen LogP contribution in [0.15, 0.2) is 83.3 Å². The number of halogens is 1. The van der Waals surface area contributed by atoms with E-state index < -0.39 is 27.3 Å². The van der Waals surface area contributed by atoms with Gasteiger partial charge in [-0.3, -0.25) is 4.79 Å². The van der Waals surface area contributed by atoms with E-state index in [0.717, 1.165) is 11.1 Å². The van der Waals surface area contributed by atoms with Gasteiger partial charge in [0.2, 0.25) is 10.0 Å². The van der Waals surface area contributed by atoms with Gasteiger partial charge in [0.1, 0.15) is 19.0 Å². The lowest BCUT2D eigenvalue weighted by atomic mass is 10.1. The number of hydrogen-bond acceptors (Lipinski definition) is 6. The molecule has 0 atom stereocenters. The molecule has 0 saturated carbocycles. The van der Waals surface area contributed by atoms with Gasteiger partial charge in [0.25, 0.3) is 5.91 Å². The van der Waals surface area contributed by atoms with E-state index in [-0.39, 0.29) is 50.5 Å². The number of piperidine rings is 1. The average molecular weight is 587 g/mol. The third kappa shape index (κ3) is 7.11. The van der Waals surface area contributed by atoms with Crippen molar-refractivity contribution < 1.29 is 27.5 Å². The van der Waals surface area contributed by atoms with E-state index in [1.54, 1.807) is 12.1 Å². The highest BCUT2D eigenvalue weighted by Gasteiger charge is 2.34. The zero-order chi connectivity index (χ0) is 26.3. The first-order valence-corrected chi connectivity index (χ1v) is 14.1. The maximum atomic E-state index is 13.0. The van der Waals surface area contributed by atoms with Gasteiger partial charge in [-0.15, -0.1) is 0 Å². The molecule has 1 aliphatic rings. The number of ether oxygens (including phenoxy) is 2. The Hall–Kier alpha value is -3.37. The van der Waals surface area contributed by atoms with Crippen molar-refractivity contribution in [2.75, 3.05) is 13.1 Å². The molecule has 1 aliphatic heterocycles. The maximum Gasteiger partial charge on any atom is 0.410 e. The van der Waals surface area contributed by atoms with E-state index in [2.05, 4.69) is 20.7 Å². The van der Waals surface area contributed by atoms with Gasteiger partial charge in [0.15, 0.2) is 0 Å². The van der Waals surface area contributed by atoms with Gasteiger partial charge < -0.3 is 14.4 Å². The van der Waals surface area contributed by atoms with Crippen LogP contribution >= 0.6 is 15.9 Å². The van der Waals surface area contributed by atoms with Crippen molar-refractivity contribution in [3.63, 3.8) is 0 Å². The number of amides is 2. The Kier molecular flexibility index (Phi) is 8.83. The standard InChI is InChI=1S/C27H27BrN2O6S/c28-24-13-7-12-23(25(24)35-18-20-8-3-1-4-9-20)26(31)29-37(33,34)22-14-16-30(17-15-22)27(32)36-19-21-10-5-2-6-11-21/h1-13,22H,14-19H2,(H,29,31). The summed E-state index contributed by atoms with van der Waals surface area (Å²) in [5.41, 5.74) is 1.89. The Morgan fingerprint density at radius 2 is 1.46 bits per heavy atom. The van der Waals surface area contributed by atoms with Crippen LogP contribution in [-0.4, -0.2) is 43.7 Å². The van der Waals surface area contributed by atoms with Crippen LogP contribution in [0.25, 0.3) is 0 Å². The molecule has 0 bridgehead atoms. The summed E-state index contributed by atoms with van der Waals surface area (Å²) in [5, 5.41) is -0.810. The van der Waals surface area contributed by atoms with Crippen molar-refractivity contribution in [3.8, 4) is 5.75 Å². The molecule has 194 valence electrons. The van der Waals surface area contributed by atoms with E-state index in [1.807, 2.05) is 60.7 Å². The summed E-state index contributed by atoms with van der Waals surface area (Å²) < 4.78 is 40.0. The highest BCUT2D eigenvalue weighted by Crippen LogP contribution is 2.30. The second-order valence-corrected chi connectivity index (χ2v) is 11.4. The van der Waals surface area contributed by atoms with Crippen LogP contribution in [0, 0.1) is 0 Å². The monoisotopic (exact) mass is 586 g/mol. The minimum atomic E-state index is -3.98. The van der Waals surface area contributed by atoms with E-state index in [9.17, 15) is 18.0 Å². The van der Waals surface area contributed by atoms with Crippen LogP contribution in [0.2, 0.25) is 0 Å². The fraction of sp³-hybridized carbons (Fsp3) is 0.259. The first-order valence-electron chi connectivity index (χ1n) is 11.8. The predicted molar refractivity (Wildman–Crippen MR) is 143 cm³/mol. The normalized spacial score (nSPS) is 14.1. The van der Waals surface area contributed by atoms with Gasteiger partial charge in [0, 0.05) is 13.1 Å². The second-order valence-electron chi connectivity index (χ2n) is 8.59. The molecule has 0 radical (unpaired) electrons. The summed E-state index contributed by atoms with van der Waals surface area (Å²) in [6.45, 7) is 0.802. The number of carbonyl (C=O) groups is 2. The van der Waals surface area contributed by atoms with Crippen molar-refractivity contribution in [1.29, 1.82) is 0 Å². The minimum Gasteiger partial charge on any atom is -0.487 e. The van der Waals surface area contributed by atoms with Crippen LogP contribution in [0.4, 0.5) is 4.79 Å². The Labute approximate surface area is 224 Å². The van der Waals surface area contributed by atoms with Crippen LogP contribution in [0.1, 0.15) is 34.3 Å². The fourth-order valence-corrected chi connectivity index (χ4v) is 5.84. The van der Waals surface area contributed by atoms with Crippen LogP contribution in [0.3, 0.4) is 0 Å². The molecular weight excluding hydrogens is 560 g/mol. The van der Waals surface area contributed by atoms with E-state index >= 15 is 0 Å². The average Bonchev–Trinajstić information content (AvgIpc) is 2.92. The molecule has 2 amide bonds. The lowest BCUT2D eigenvalue weighted by Crippen LogP contribution is -2.46. The van der Waals surface area contributed by atoms with Gasteiger partial charge in [-0.05, 0) is 52.0 Å². The lowest BCUT2D eigenvalue weighted by Gasteiger charge is -2.31. The first kappa shape index (κ1) is 26.7. The molecule has 10 heteroatoms. The molecule has 1 heterocycles. The summed E-state index contributed by atoms with van der Waals surface area (Å²) in [5.74, 6) is -0.510. The number of rotatable bonds is 8. The summed E-state index contributed by atoms with van der Waals surface area (Å²) in [7, 11) is -3.98. The first-order chi connectivity index (χ1) is 17.8. The van der Waals surface area contributed by atoms with Gasteiger partial charge >= 0.3 is 6.09 Å². The zero-order valence-corrected chi connectivity index (χ0v) is 22.4. The fourth-order valence-electron chi connectivity index (χ4n) is 3.99. The van der Waals surface area contributed by atoms with Gasteiger partial charge in [-0.2, -0.15) is 0 Å². The predicted octanol–water partition coefficient (Wildman–Crippen LogP) is 4.89. The minimum absolute atomic E-state index is 0.107. The summed E-state index contributed by atoms with van der Waals surface area (Å²) in [6.07, 6.45) is -0.101. The number of para-hydroxylation sites is 1. The molecule has 1 saturated heterocycles. The SMILES string of the molecule is O=C(NS(=O)(=O)C1CCN(C(=O)OCc2ccccc2)CC1)c1cccc(Br)c1OCc1ccccc1. The molecule has 4 rings (SSSR count). The van der Waals surface area contributed by atoms with Crippen LogP contribution in [-0.2, 0) is 28.0 Å². The number of benzene rings is 3. The Bertz CT molecular complexity index is 1330. The molecule has 1 N–H and O–H groups in total. The molecule has 0 unspecified atom stereocenters. The largest absolute Gasteiger partial charge is 0.487 e. The molecular formula is C27H27BrN2O6S. The van der Waals surface area contributed by atoms with Crippen LogP contribution < -0.4 is 9.46 Å². The molecule has 0 aliphatic carbocycles. The number of likely N-dealkylation sites (tertiary alicyclic amines) is 1. The third-order valence-corrected chi connectivity index (χ3v) is 8.46. The Morgan fingerprint density at radius 1 is 0.865 bits per heavy atom. The quantitative estimate of drug-likeness (QED) is 0.403. The molecule has 8 nitrogen and oxygen atoms in total. The number of sulfonamides is 1. The summed E-state index contributed by atoms with van der Waals surface area (Å²) >= 11 is 3.39. The van der Waals surface area contributed by atoms with Crippen molar-refractivity contribution in [1.82, 2.24) is 9.62 Å². The molecule has 1 fully saturated rings. The van der Waals surface area contributed by atoms with Crippen molar-refractivity contribution in [2.45, 2.75) is 31.3 Å². The van der Waals surface area contributed by atoms with Crippen molar-refractivity contribution >= 4 is 38.0 Å². The number of nitrogens with zero attached hydrogens (tertiary/aromatic N) is 1. The zero-order valence-electron chi connectivity index (χ0n) is 20.0. The Morgan fingerprint density at radius 3 is 2.08 bits per heavy atom. The lowest BCUT2D eigenvalue weighted by molar-refractivity contribution is 0.0892. The molecule has 0 spiro atoms. The summed E-state index contributed by atoms with van der Waals surface area (Å²) in [4.78, 5) is 26.9. The number of hydrogen-bond donors (Lipinski definition) is 1. The molecule has 3 aromatic carbocycles. The molecule has 37 heavy (non-hydrogen) atoms. The van der Waals surface area contributed by atoms with Gasteiger partial charge in [-0.25, -0.2) is 17.9 Å². The van der Waals surface area contributed by atoms with E-state index in [1.165, 1.54) is 11.0 Å². The number of nitrogens with one attached hydrogen (secondary N) is 1. The topological polar surface area (TPSA) is 102 Å². The smallest absolute Gasteiger partial charge is 0.410 e. The highest BCUT2D eigenvalue weighted by atomic mass is 79.9. The maximum absolute atomic E-state index is 13.0. The second kappa shape index (κ2) is 12.2. The van der Waals surface area contributed by atoms with Gasteiger partial charge in [0.05, 0.1) is 15.3 Å². The van der Waals surface area contributed by atoms with E-state index in [0.29, 0.717) is 4.47 Å². The third-order valence-electron chi connectivity index (χ3n) is 6.02. The Balaban J connectivity index is 1.34. The van der Waals surface area contributed by atoms with E-state index in [4.69, 9.17) is 9.47 Å². The molecule has 0 aromatic heterocycles. The van der Waals surface area contributed by atoms with Crippen molar-refractivity contribution in [3.05, 3.63) is 100 Å². The van der Waals surface area contributed by atoms with Gasteiger partial charge in [-0.1, -0.05) is 66.7 Å².